The molecule has 0 aliphatic carbocycles. The summed E-state index contributed by atoms with van der Waals surface area (Å²) in [6, 6.07) is 5.71. The molecule has 0 saturated heterocycles. The van der Waals surface area contributed by atoms with Gasteiger partial charge in [-0.2, -0.15) is 0 Å². The van der Waals surface area contributed by atoms with Crippen molar-refractivity contribution in [3.05, 3.63) is 45.3 Å². The molecule has 0 aliphatic heterocycles. The summed E-state index contributed by atoms with van der Waals surface area (Å²) in [6.07, 6.45) is 0. The largest absolute Gasteiger partial charge is 0.373 e. The molecule has 0 fully saturated rings. The third-order valence-corrected chi connectivity index (χ3v) is 4.36. The number of thiophene rings is 1. The zero-order valence-corrected chi connectivity index (χ0v) is 13.7. The Bertz CT molecular complexity index is 634. The van der Waals surface area contributed by atoms with Gasteiger partial charge in [0, 0.05) is 23.2 Å². The summed E-state index contributed by atoms with van der Waals surface area (Å²) in [6.45, 7) is 6.76. The number of pyridine rings is 1. The third kappa shape index (κ3) is 3.82. The van der Waals surface area contributed by atoms with Crippen molar-refractivity contribution in [2.24, 2.45) is 0 Å². The number of aromatic nitrogens is 1. The van der Waals surface area contributed by atoms with Gasteiger partial charge in [0.05, 0.1) is 6.54 Å². The average Bonchev–Trinajstić information content (AvgIpc) is 2.89. The molecule has 21 heavy (non-hydrogen) atoms. The van der Waals surface area contributed by atoms with E-state index in [0.717, 1.165) is 11.5 Å². The summed E-state index contributed by atoms with van der Waals surface area (Å²) in [5, 5.41) is 8.02. The number of nitrogens with zero attached hydrogens (tertiary/aromatic N) is 1. The van der Waals surface area contributed by atoms with Gasteiger partial charge in [0.25, 0.3) is 5.91 Å². The van der Waals surface area contributed by atoms with Gasteiger partial charge in [0.15, 0.2) is 0 Å². The maximum Gasteiger partial charge on any atom is 0.251 e. The summed E-state index contributed by atoms with van der Waals surface area (Å²) in [4.78, 5) is 18.0. The first-order chi connectivity index (χ1) is 10.0. The molecule has 0 aliphatic rings. The molecule has 0 bridgehead atoms. The van der Waals surface area contributed by atoms with Crippen LogP contribution in [0.1, 0.15) is 46.3 Å². The predicted octanol–water partition coefficient (Wildman–Crippen LogP) is 3.55. The molecule has 0 radical (unpaired) electrons. The number of hydrogen-bond acceptors (Lipinski definition) is 4. The van der Waals surface area contributed by atoms with Crippen LogP contribution in [0.15, 0.2) is 23.6 Å². The molecule has 5 heteroatoms. The van der Waals surface area contributed by atoms with Crippen LogP contribution in [-0.2, 0) is 6.54 Å². The van der Waals surface area contributed by atoms with E-state index in [1.54, 1.807) is 17.4 Å². The highest BCUT2D eigenvalue weighted by Crippen LogP contribution is 2.18. The van der Waals surface area contributed by atoms with Crippen LogP contribution in [0, 0.1) is 6.92 Å². The molecule has 4 nitrogen and oxygen atoms in total. The first kappa shape index (κ1) is 15.5. The van der Waals surface area contributed by atoms with Crippen LogP contribution >= 0.6 is 11.3 Å². The van der Waals surface area contributed by atoms with E-state index in [9.17, 15) is 4.79 Å². The number of aryl methyl sites for hydroxylation is 1. The first-order valence-corrected chi connectivity index (χ1v) is 7.90. The smallest absolute Gasteiger partial charge is 0.251 e. The predicted molar refractivity (Wildman–Crippen MR) is 88.1 cm³/mol. The minimum absolute atomic E-state index is 0.0661. The minimum Gasteiger partial charge on any atom is -0.373 e. The van der Waals surface area contributed by atoms with Crippen molar-refractivity contribution in [1.29, 1.82) is 0 Å². The van der Waals surface area contributed by atoms with Gasteiger partial charge in [0.1, 0.15) is 5.82 Å². The Morgan fingerprint density at radius 2 is 2.14 bits per heavy atom. The van der Waals surface area contributed by atoms with Crippen LogP contribution in [-0.4, -0.2) is 17.9 Å². The van der Waals surface area contributed by atoms with E-state index in [2.05, 4.69) is 42.5 Å². The molecule has 2 N–H and O–H groups in total. The Balaban J connectivity index is 2.14. The lowest BCUT2D eigenvalue weighted by Crippen LogP contribution is -2.23. The monoisotopic (exact) mass is 303 g/mol. The zero-order chi connectivity index (χ0) is 15.4. The molecule has 112 valence electrons. The molecule has 0 saturated carbocycles. The maximum absolute atomic E-state index is 12.3. The van der Waals surface area contributed by atoms with Crippen molar-refractivity contribution in [1.82, 2.24) is 10.3 Å². The van der Waals surface area contributed by atoms with Gasteiger partial charge in [-0.3, -0.25) is 4.79 Å². The summed E-state index contributed by atoms with van der Waals surface area (Å²) < 4.78 is 0. The lowest BCUT2D eigenvalue weighted by Gasteiger charge is -2.11. The number of nitrogens with one attached hydrogen (secondary N) is 2. The van der Waals surface area contributed by atoms with Crippen molar-refractivity contribution in [3.8, 4) is 0 Å². The van der Waals surface area contributed by atoms with Crippen molar-refractivity contribution >= 4 is 23.1 Å². The molecule has 1 amide bonds. The highest BCUT2D eigenvalue weighted by Gasteiger charge is 2.12. The van der Waals surface area contributed by atoms with Crippen LogP contribution in [0.3, 0.4) is 0 Å². The van der Waals surface area contributed by atoms with Crippen LogP contribution in [0.4, 0.5) is 5.82 Å². The summed E-state index contributed by atoms with van der Waals surface area (Å²) >= 11 is 1.66. The normalized spacial score (nSPS) is 10.7. The third-order valence-electron chi connectivity index (χ3n) is 3.33. The Kier molecular flexibility index (Phi) is 4.96. The molecule has 2 aromatic heterocycles. The molecule has 2 heterocycles. The van der Waals surface area contributed by atoms with E-state index in [1.807, 2.05) is 18.5 Å². The molecule has 0 spiro atoms. The van der Waals surface area contributed by atoms with Crippen LogP contribution < -0.4 is 10.6 Å². The highest BCUT2D eigenvalue weighted by molar-refractivity contribution is 7.10. The SMILES string of the molecule is CNc1cc(C(=O)NCc2sccc2C)cc(C(C)C)n1. The maximum atomic E-state index is 12.3. The topological polar surface area (TPSA) is 54.0 Å². The summed E-state index contributed by atoms with van der Waals surface area (Å²) in [7, 11) is 1.81. The van der Waals surface area contributed by atoms with E-state index in [4.69, 9.17) is 0 Å². The molecule has 0 unspecified atom stereocenters. The van der Waals surface area contributed by atoms with Crippen molar-refractivity contribution in [2.75, 3.05) is 12.4 Å². The van der Waals surface area contributed by atoms with Gasteiger partial charge in [-0.1, -0.05) is 13.8 Å². The average molecular weight is 303 g/mol. The lowest BCUT2D eigenvalue weighted by atomic mass is 10.1. The fourth-order valence-electron chi connectivity index (χ4n) is 1.95. The number of anilines is 1. The zero-order valence-electron chi connectivity index (χ0n) is 12.9. The molecule has 0 atom stereocenters. The van der Waals surface area contributed by atoms with Gasteiger partial charge in [-0.05, 0) is 42.0 Å². The fraction of sp³-hybridized carbons (Fsp3) is 0.375. The van der Waals surface area contributed by atoms with Crippen molar-refractivity contribution in [2.45, 2.75) is 33.2 Å². The quantitative estimate of drug-likeness (QED) is 0.888. The van der Waals surface area contributed by atoms with Gasteiger partial charge >= 0.3 is 0 Å². The number of amides is 1. The Morgan fingerprint density at radius 3 is 2.71 bits per heavy atom. The van der Waals surface area contributed by atoms with Crippen molar-refractivity contribution in [3.63, 3.8) is 0 Å². The molecule has 2 rings (SSSR count). The van der Waals surface area contributed by atoms with E-state index < -0.39 is 0 Å². The second kappa shape index (κ2) is 6.72. The Morgan fingerprint density at radius 1 is 1.38 bits per heavy atom. The van der Waals surface area contributed by atoms with Crippen molar-refractivity contribution < 1.29 is 4.79 Å². The van der Waals surface area contributed by atoms with E-state index in [0.29, 0.717) is 12.1 Å². The highest BCUT2D eigenvalue weighted by atomic mass is 32.1. The molecule has 2 aromatic rings. The molecular formula is C16H21N3OS. The number of hydrogen-bond donors (Lipinski definition) is 2. The molecular weight excluding hydrogens is 282 g/mol. The number of carbonyl (C=O) groups excluding carboxylic acids is 1. The Labute approximate surface area is 129 Å². The van der Waals surface area contributed by atoms with E-state index in [1.165, 1.54) is 10.4 Å². The minimum atomic E-state index is -0.0661. The standard InChI is InChI=1S/C16H21N3OS/c1-10(2)13-7-12(8-15(17-4)19-13)16(20)18-9-14-11(3)5-6-21-14/h5-8,10H,9H2,1-4H3,(H,17,19)(H,18,20). The summed E-state index contributed by atoms with van der Waals surface area (Å²) in [5.41, 5.74) is 2.78. The first-order valence-electron chi connectivity index (χ1n) is 7.02. The number of carbonyl (C=O) groups is 1. The van der Waals surface area contributed by atoms with Gasteiger partial charge in [-0.25, -0.2) is 4.98 Å². The van der Waals surface area contributed by atoms with Crippen LogP contribution in [0.2, 0.25) is 0 Å². The van der Waals surface area contributed by atoms with Crippen LogP contribution in [0.25, 0.3) is 0 Å². The van der Waals surface area contributed by atoms with Gasteiger partial charge in [-0.15, -0.1) is 11.3 Å². The Hall–Kier alpha value is -1.88. The lowest BCUT2D eigenvalue weighted by molar-refractivity contribution is 0.0951. The van der Waals surface area contributed by atoms with E-state index in [-0.39, 0.29) is 11.8 Å². The second-order valence-corrected chi connectivity index (χ2v) is 6.28. The fourth-order valence-corrected chi connectivity index (χ4v) is 2.80. The van der Waals surface area contributed by atoms with Gasteiger partial charge in [0.2, 0.25) is 0 Å². The second-order valence-electron chi connectivity index (χ2n) is 5.28. The van der Waals surface area contributed by atoms with E-state index >= 15 is 0 Å². The van der Waals surface area contributed by atoms with Gasteiger partial charge < -0.3 is 10.6 Å². The summed E-state index contributed by atoms with van der Waals surface area (Å²) in [5.74, 6) is 0.937. The van der Waals surface area contributed by atoms with Crippen LogP contribution in [0.5, 0.6) is 0 Å². The molecule has 0 aromatic carbocycles. The number of rotatable bonds is 5.